The number of nitrogens with two attached hydrogens (primary N) is 1. The third kappa shape index (κ3) is 6.62. The number of carbonyl (C=O) groups is 3. The number of amides is 3. The van der Waals surface area contributed by atoms with Gasteiger partial charge in [0, 0.05) is 18.0 Å². The molecule has 0 aliphatic carbocycles. The maximum Gasteiger partial charge on any atom is 0.326 e. The van der Waals surface area contributed by atoms with Gasteiger partial charge in [0.15, 0.2) is 0 Å². The number of aliphatic carboxylic acids is 1. The lowest BCUT2D eigenvalue weighted by atomic mass is 10.1. The van der Waals surface area contributed by atoms with Crippen LogP contribution in [0.3, 0.4) is 0 Å². The molecule has 114 valence electrons. The fourth-order valence-corrected chi connectivity index (χ4v) is 1.80. The fraction of sp³-hybridized carbons (Fsp3) is 0.308. The second-order valence-electron chi connectivity index (χ2n) is 4.35. The highest BCUT2D eigenvalue weighted by atomic mass is 35.5. The standard InChI is InChI=1S/C13H16ClN3O4/c14-9-3-1-2-8(6-9)7-16-13(21)17-10(12(19)20)4-5-11(15)18/h1-3,6,10H,4-5,7H2,(H2,15,18)(H,19,20)(H2,16,17,21)/t10-/m0/s1. The molecule has 0 aliphatic heterocycles. The van der Waals surface area contributed by atoms with Gasteiger partial charge in [0.2, 0.25) is 5.91 Å². The van der Waals surface area contributed by atoms with Gasteiger partial charge in [-0.15, -0.1) is 0 Å². The van der Waals surface area contributed by atoms with E-state index in [0.717, 1.165) is 5.56 Å². The first-order valence-corrected chi connectivity index (χ1v) is 6.56. The van der Waals surface area contributed by atoms with Crippen LogP contribution in [0.1, 0.15) is 18.4 Å². The average molecular weight is 314 g/mol. The van der Waals surface area contributed by atoms with E-state index in [4.69, 9.17) is 22.4 Å². The molecule has 0 saturated heterocycles. The molecule has 1 atom stereocenters. The van der Waals surface area contributed by atoms with Gasteiger partial charge in [-0.1, -0.05) is 23.7 Å². The van der Waals surface area contributed by atoms with E-state index in [-0.39, 0.29) is 19.4 Å². The number of carboxylic acids is 1. The first kappa shape index (κ1) is 16.8. The Morgan fingerprint density at radius 2 is 2.05 bits per heavy atom. The van der Waals surface area contributed by atoms with Gasteiger partial charge in [0.1, 0.15) is 6.04 Å². The summed E-state index contributed by atoms with van der Waals surface area (Å²) in [4.78, 5) is 33.2. The van der Waals surface area contributed by atoms with Crippen LogP contribution < -0.4 is 16.4 Å². The minimum atomic E-state index is -1.23. The lowest BCUT2D eigenvalue weighted by molar-refractivity contribution is -0.139. The van der Waals surface area contributed by atoms with Crippen LogP contribution in [0.15, 0.2) is 24.3 Å². The molecule has 0 unspecified atom stereocenters. The Kier molecular flexibility index (Phi) is 6.48. The van der Waals surface area contributed by atoms with Crippen molar-refractivity contribution >= 4 is 29.5 Å². The van der Waals surface area contributed by atoms with Crippen molar-refractivity contribution in [3.05, 3.63) is 34.9 Å². The highest BCUT2D eigenvalue weighted by Gasteiger charge is 2.20. The van der Waals surface area contributed by atoms with Crippen LogP contribution in [0.2, 0.25) is 5.02 Å². The van der Waals surface area contributed by atoms with Crippen LogP contribution in [0, 0.1) is 0 Å². The summed E-state index contributed by atoms with van der Waals surface area (Å²) in [6, 6.07) is 5.08. The quantitative estimate of drug-likeness (QED) is 0.596. The number of urea groups is 1. The zero-order valence-electron chi connectivity index (χ0n) is 11.1. The molecule has 0 radical (unpaired) electrons. The molecule has 1 aromatic carbocycles. The second kappa shape index (κ2) is 8.11. The van der Waals surface area contributed by atoms with Crippen LogP contribution in [0.25, 0.3) is 0 Å². The summed E-state index contributed by atoms with van der Waals surface area (Å²) >= 11 is 5.81. The van der Waals surface area contributed by atoms with Crippen molar-refractivity contribution in [3.63, 3.8) is 0 Å². The van der Waals surface area contributed by atoms with Crippen LogP contribution in [0.5, 0.6) is 0 Å². The molecule has 0 bridgehead atoms. The number of carbonyl (C=O) groups excluding carboxylic acids is 2. The van der Waals surface area contributed by atoms with Crippen molar-refractivity contribution < 1.29 is 19.5 Å². The molecule has 7 nitrogen and oxygen atoms in total. The summed E-state index contributed by atoms with van der Waals surface area (Å²) in [6.45, 7) is 0.203. The monoisotopic (exact) mass is 313 g/mol. The topological polar surface area (TPSA) is 122 Å². The first-order chi connectivity index (χ1) is 9.88. The third-order valence-electron chi connectivity index (χ3n) is 2.62. The van der Waals surface area contributed by atoms with Gasteiger partial charge in [-0.2, -0.15) is 0 Å². The number of carboxylic acid groups (broad SMARTS) is 1. The highest BCUT2D eigenvalue weighted by Crippen LogP contribution is 2.10. The normalized spacial score (nSPS) is 11.5. The summed E-state index contributed by atoms with van der Waals surface area (Å²) in [6.07, 6.45) is -0.180. The van der Waals surface area contributed by atoms with Gasteiger partial charge >= 0.3 is 12.0 Å². The van der Waals surface area contributed by atoms with Gasteiger partial charge < -0.3 is 21.5 Å². The number of hydrogen-bond acceptors (Lipinski definition) is 3. The van der Waals surface area contributed by atoms with E-state index in [9.17, 15) is 14.4 Å². The molecule has 0 heterocycles. The summed E-state index contributed by atoms with van der Waals surface area (Å²) in [7, 11) is 0. The van der Waals surface area contributed by atoms with Crippen LogP contribution in [0.4, 0.5) is 4.79 Å². The van der Waals surface area contributed by atoms with E-state index in [1.165, 1.54) is 0 Å². The molecule has 0 spiro atoms. The largest absolute Gasteiger partial charge is 0.480 e. The molecule has 21 heavy (non-hydrogen) atoms. The maximum absolute atomic E-state index is 11.6. The fourth-order valence-electron chi connectivity index (χ4n) is 1.58. The van der Waals surface area contributed by atoms with E-state index < -0.39 is 23.9 Å². The molecule has 5 N–H and O–H groups in total. The summed E-state index contributed by atoms with van der Waals surface area (Å²) in [5, 5.41) is 14.3. The zero-order chi connectivity index (χ0) is 15.8. The summed E-state index contributed by atoms with van der Waals surface area (Å²) < 4.78 is 0. The van der Waals surface area contributed by atoms with E-state index in [1.54, 1.807) is 24.3 Å². The Morgan fingerprint density at radius 3 is 2.62 bits per heavy atom. The Bertz CT molecular complexity index is 536. The van der Waals surface area contributed by atoms with Crippen molar-refractivity contribution in [1.82, 2.24) is 10.6 Å². The molecule has 3 amide bonds. The Morgan fingerprint density at radius 1 is 1.33 bits per heavy atom. The van der Waals surface area contributed by atoms with Crippen molar-refractivity contribution in [2.24, 2.45) is 5.73 Å². The smallest absolute Gasteiger partial charge is 0.326 e. The minimum absolute atomic E-state index is 0.0603. The highest BCUT2D eigenvalue weighted by molar-refractivity contribution is 6.30. The molecular weight excluding hydrogens is 298 g/mol. The number of halogens is 1. The Hall–Kier alpha value is -2.28. The Labute approximate surface area is 126 Å². The molecule has 0 aliphatic rings. The molecule has 8 heteroatoms. The second-order valence-corrected chi connectivity index (χ2v) is 4.79. The third-order valence-corrected chi connectivity index (χ3v) is 2.86. The predicted molar refractivity (Wildman–Crippen MR) is 76.7 cm³/mol. The van der Waals surface area contributed by atoms with Crippen LogP contribution >= 0.6 is 11.6 Å². The molecule has 1 rings (SSSR count). The van der Waals surface area contributed by atoms with Gasteiger partial charge in [-0.3, -0.25) is 4.79 Å². The average Bonchev–Trinajstić information content (AvgIpc) is 2.40. The minimum Gasteiger partial charge on any atom is -0.480 e. The van der Waals surface area contributed by atoms with Crippen molar-refractivity contribution in [1.29, 1.82) is 0 Å². The van der Waals surface area contributed by atoms with E-state index in [1.807, 2.05) is 0 Å². The van der Waals surface area contributed by atoms with Crippen LogP contribution in [-0.2, 0) is 16.1 Å². The Balaban J connectivity index is 2.46. The molecular formula is C13H16ClN3O4. The SMILES string of the molecule is NC(=O)CC[C@H](NC(=O)NCc1cccc(Cl)c1)C(=O)O. The summed E-state index contributed by atoms with van der Waals surface area (Å²) in [5.74, 6) is -1.85. The molecule has 1 aromatic rings. The number of primary amides is 1. The molecule has 0 saturated carbocycles. The van der Waals surface area contributed by atoms with Gasteiger partial charge in [-0.05, 0) is 24.1 Å². The number of nitrogens with one attached hydrogen (secondary N) is 2. The maximum atomic E-state index is 11.6. The lowest BCUT2D eigenvalue weighted by Crippen LogP contribution is -2.46. The van der Waals surface area contributed by atoms with Gasteiger partial charge in [0.05, 0.1) is 0 Å². The van der Waals surface area contributed by atoms with E-state index in [0.29, 0.717) is 5.02 Å². The molecule has 0 aromatic heterocycles. The van der Waals surface area contributed by atoms with Gasteiger partial charge in [0.25, 0.3) is 0 Å². The van der Waals surface area contributed by atoms with Gasteiger partial charge in [-0.25, -0.2) is 9.59 Å². The summed E-state index contributed by atoms with van der Waals surface area (Å²) in [5.41, 5.74) is 5.73. The number of hydrogen-bond donors (Lipinski definition) is 4. The lowest BCUT2D eigenvalue weighted by Gasteiger charge is -2.14. The predicted octanol–water partition coefficient (Wildman–Crippen LogP) is 0.858. The number of rotatable bonds is 7. The van der Waals surface area contributed by atoms with Crippen LogP contribution in [-0.4, -0.2) is 29.1 Å². The number of benzene rings is 1. The van der Waals surface area contributed by atoms with E-state index in [2.05, 4.69) is 10.6 Å². The zero-order valence-corrected chi connectivity index (χ0v) is 11.9. The molecule has 0 fully saturated rings. The van der Waals surface area contributed by atoms with Crippen molar-refractivity contribution in [2.75, 3.05) is 0 Å². The van der Waals surface area contributed by atoms with Crippen molar-refractivity contribution in [3.8, 4) is 0 Å². The van der Waals surface area contributed by atoms with E-state index >= 15 is 0 Å². The first-order valence-electron chi connectivity index (χ1n) is 6.18. The van der Waals surface area contributed by atoms with Crippen molar-refractivity contribution in [2.45, 2.75) is 25.4 Å².